The van der Waals surface area contributed by atoms with Gasteiger partial charge in [-0.3, -0.25) is 14.3 Å². The molecule has 1 N–H and O–H groups in total. The van der Waals surface area contributed by atoms with Gasteiger partial charge in [-0.2, -0.15) is 0 Å². The number of hydrogen-bond acceptors (Lipinski definition) is 7. The van der Waals surface area contributed by atoms with Crippen molar-refractivity contribution in [1.29, 1.82) is 0 Å². The fourth-order valence-electron chi connectivity index (χ4n) is 2.93. The second-order valence-corrected chi connectivity index (χ2v) is 6.67. The van der Waals surface area contributed by atoms with Crippen molar-refractivity contribution in [2.75, 3.05) is 19.0 Å². The molecule has 1 atom stereocenters. The predicted octanol–water partition coefficient (Wildman–Crippen LogP) is 3.22. The first kappa shape index (κ1) is 21.3. The van der Waals surface area contributed by atoms with Crippen molar-refractivity contribution >= 4 is 23.5 Å². The summed E-state index contributed by atoms with van der Waals surface area (Å²) in [6.45, 7) is 1.80. The van der Waals surface area contributed by atoms with Crippen LogP contribution in [-0.2, 0) is 11.8 Å². The highest BCUT2D eigenvalue weighted by Gasteiger charge is 2.25. The van der Waals surface area contributed by atoms with Crippen LogP contribution in [0.4, 0.5) is 5.95 Å². The Morgan fingerprint density at radius 2 is 1.97 bits per heavy atom. The van der Waals surface area contributed by atoms with Gasteiger partial charge in [-0.15, -0.1) is 0 Å². The fraction of sp³-hybridized carbons (Fsp3) is 0.238. The minimum Gasteiger partial charge on any atom is -0.489 e. The molecule has 0 saturated heterocycles. The molecule has 2 heterocycles. The molecule has 0 saturated carbocycles. The average molecular weight is 429 g/mol. The molecule has 156 valence electrons. The molecule has 0 fully saturated rings. The van der Waals surface area contributed by atoms with E-state index in [-0.39, 0.29) is 24.0 Å². The van der Waals surface area contributed by atoms with Gasteiger partial charge in [0.1, 0.15) is 0 Å². The first-order valence-corrected chi connectivity index (χ1v) is 9.59. The van der Waals surface area contributed by atoms with E-state index in [4.69, 9.17) is 21.1 Å². The van der Waals surface area contributed by atoms with E-state index in [9.17, 15) is 9.59 Å². The molecule has 0 aliphatic carbocycles. The van der Waals surface area contributed by atoms with Crippen molar-refractivity contribution in [2.24, 2.45) is 7.05 Å². The van der Waals surface area contributed by atoms with Crippen LogP contribution in [0.1, 0.15) is 34.7 Å². The Balaban J connectivity index is 2.14. The van der Waals surface area contributed by atoms with Gasteiger partial charge >= 0.3 is 5.97 Å². The largest absolute Gasteiger partial charge is 0.489 e. The molecule has 0 aliphatic heterocycles. The summed E-state index contributed by atoms with van der Waals surface area (Å²) in [4.78, 5) is 33.8. The lowest BCUT2D eigenvalue weighted by Gasteiger charge is -2.22. The van der Waals surface area contributed by atoms with Gasteiger partial charge in [-0.1, -0.05) is 41.9 Å². The lowest BCUT2D eigenvalue weighted by atomic mass is 10.0. The van der Waals surface area contributed by atoms with Gasteiger partial charge < -0.3 is 14.8 Å². The molecule has 30 heavy (non-hydrogen) atoms. The van der Waals surface area contributed by atoms with Gasteiger partial charge in [0.25, 0.3) is 5.56 Å². The normalized spacial score (nSPS) is 11.6. The van der Waals surface area contributed by atoms with Gasteiger partial charge in [0.15, 0.2) is 5.69 Å². The van der Waals surface area contributed by atoms with Crippen molar-refractivity contribution in [1.82, 2.24) is 14.5 Å². The first-order valence-electron chi connectivity index (χ1n) is 9.22. The van der Waals surface area contributed by atoms with E-state index in [1.54, 1.807) is 25.3 Å². The van der Waals surface area contributed by atoms with Crippen LogP contribution in [0.2, 0.25) is 5.02 Å². The highest BCUT2D eigenvalue weighted by molar-refractivity contribution is 6.31. The third-order valence-electron chi connectivity index (χ3n) is 4.39. The summed E-state index contributed by atoms with van der Waals surface area (Å²) < 4.78 is 11.4. The lowest BCUT2D eigenvalue weighted by molar-refractivity contribution is 0.0514. The zero-order valence-corrected chi connectivity index (χ0v) is 17.5. The number of ether oxygens (including phenoxy) is 2. The quantitative estimate of drug-likeness (QED) is 0.577. The number of halogens is 1. The summed E-state index contributed by atoms with van der Waals surface area (Å²) >= 11 is 6.39. The van der Waals surface area contributed by atoms with Crippen molar-refractivity contribution in [2.45, 2.75) is 13.0 Å². The Morgan fingerprint density at radius 1 is 1.23 bits per heavy atom. The number of methoxy groups -OCH3 is 1. The second kappa shape index (κ2) is 9.41. The maximum absolute atomic E-state index is 12.8. The van der Waals surface area contributed by atoms with E-state index in [0.717, 1.165) is 5.56 Å². The number of aromatic nitrogens is 3. The summed E-state index contributed by atoms with van der Waals surface area (Å²) in [6.07, 6.45) is 1.63. The van der Waals surface area contributed by atoms with Crippen molar-refractivity contribution in [3.63, 3.8) is 0 Å². The summed E-state index contributed by atoms with van der Waals surface area (Å²) in [7, 11) is 2.83. The number of benzene rings is 1. The number of rotatable bonds is 7. The van der Waals surface area contributed by atoms with E-state index >= 15 is 0 Å². The van der Waals surface area contributed by atoms with Crippen LogP contribution in [0, 0.1) is 0 Å². The van der Waals surface area contributed by atoms with E-state index in [2.05, 4.69) is 15.3 Å². The maximum Gasteiger partial charge on any atom is 0.361 e. The minimum absolute atomic E-state index is 0.137. The molecule has 0 bridgehead atoms. The zero-order chi connectivity index (χ0) is 21.7. The standard InChI is InChI=1S/C21H21ClN4O4/c1-4-30-20(28)17-18(29-3)19(27)26(2)21(25-17)24-15(13-9-6-5-7-10-13)16-14(22)11-8-12-23-16/h5-12,15H,4H2,1-3H3,(H,24,25). The van der Waals surface area contributed by atoms with Crippen molar-refractivity contribution in [3.05, 3.63) is 81.0 Å². The van der Waals surface area contributed by atoms with Crippen LogP contribution in [-0.4, -0.2) is 34.2 Å². The molecular formula is C21H21ClN4O4. The van der Waals surface area contributed by atoms with Gasteiger partial charge in [0.2, 0.25) is 11.7 Å². The van der Waals surface area contributed by atoms with Gasteiger partial charge in [-0.25, -0.2) is 9.78 Å². The molecular weight excluding hydrogens is 408 g/mol. The second-order valence-electron chi connectivity index (χ2n) is 6.26. The molecule has 0 radical (unpaired) electrons. The van der Waals surface area contributed by atoms with Crippen LogP contribution in [0.25, 0.3) is 0 Å². The summed E-state index contributed by atoms with van der Waals surface area (Å²) in [6, 6.07) is 12.4. The summed E-state index contributed by atoms with van der Waals surface area (Å²) in [5, 5.41) is 3.64. The van der Waals surface area contributed by atoms with Gasteiger partial charge in [0.05, 0.1) is 30.5 Å². The van der Waals surface area contributed by atoms with E-state index in [1.807, 2.05) is 30.3 Å². The number of esters is 1. The molecule has 0 aliphatic rings. The summed E-state index contributed by atoms with van der Waals surface area (Å²) in [5.74, 6) is -0.796. The third-order valence-corrected chi connectivity index (χ3v) is 4.71. The molecule has 8 nitrogen and oxygen atoms in total. The molecule has 3 aromatic rings. The number of carbonyl (C=O) groups excluding carboxylic acids is 1. The Hall–Kier alpha value is -3.39. The monoisotopic (exact) mass is 428 g/mol. The smallest absolute Gasteiger partial charge is 0.361 e. The Kier molecular flexibility index (Phi) is 6.68. The Bertz CT molecular complexity index is 1100. The average Bonchev–Trinajstić information content (AvgIpc) is 2.76. The predicted molar refractivity (Wildman–Crippen MR) is 113 cm³/mol. The molecule has 2 aromatic heterocycles. The number of carbonyl (C=O) groups is 1. The van der Waals surface area contributed by atoms with Crippen molar-refractivity contribution in [3.8, 4) is 5.75 Å². The van der Waals surface area contributed by atoms with E-state index < -0.39 is 17.6 Å². The third kappa shape index (κ3) is 4.28. The van der Waals surface area contributed by atoms with Crippen LogP contribution in [0.5, 0.6) is 5.75 Å². The highest BCUT2D eigenvalue weighted by atomic mass is 35.5. The number of pyridine rings is 1. The zero-order valence-electron chi connectivity index (χ0n) is 16.8. The number of nitrogens with one attached hydrogen (secondary N) is 1. The van der Waals surface area contributed by atoms with E-state index in [0.29, 0.717) is 10.7 Å². The van der Waals surface area contributed by atoms with Crippen molar-refractivity contribution < 1.29 is 14.3 Å². The van der Waals surface area contributed by atoms with Gasteiger partial charge in [0, 0.05) is 13.2 Å². The Labute approximate surface area is 178 Å². The molecule has 1 aromatic carbocycles. The Morgan fingerprint density at radius 3 is 2.60 bits per heavy atom. The highest BCUT2D eigenvalue weighted by Crippen LogP contribution is 2.29. The maximum atomic E-state index is 12.8. The molecule has 0 amide bonds. The van der Waals surface area contributed by atoms with Crippen LogP contribution >= 0.6 is 11.6 Å². The topological polar surface area (TPSA) is 95.3 Å². The first-order chi connectivity index (χ1) is 14.5. The van der Waals surface area contributed by atoms with E-state index in [1.165, 1.54) is 18.7 Å². The molecule has 3 rings (SSSR count). The number of hydrogen-bond donors (Lipinski definition) is 1. The van der Waals surface area contributed by atoms with Crippen LogP contribution < -0.4 is 15.6 Å². The van der Waals surface area contributed by atoms with Crippen LogP contribution in [0.15, 0.2) is 53.5 Å². The van der Waals surface area contributed by atoms with Crippen LogP contribution in [0.3, 0.4) is 0 Å². The molecule has 1 unspecified atom stereocenters. The summed E-state index contributed by atoms with van der Waals surface area (Å²) in [5.41, 5.74) is 0.662. The lowest BCUT2D eigenvalue weighted by Crippen LogP contribution is -2.29. The SMILES string of the molecule is CCOC(=O)c1nc(NC(c2ccccc2)c2ncccc2Cl)n(C)c(=O)c1OC. The number of anilines is 1. The fourth-order valence-corrected chi connectivity index (χ4v) is 3.16. The minimum atomic E-state index is -0.748. The molecule has 0 spiro atoms. The van der Waals surface area contributed by atoms with Gasteiger partial charge in [-0.05, 0) is 24.6 Å². The number of nitrogens with zero attached hydrogens (tertiary/aromatic N) is 3. The molecule has 9 heteroatoms.